The number of hydrogen-bond donors (Lipinski definition) is 2. The summed E-state index contributed by atoms with van der Waals surface area (Å²) in [6.45, 7) is 0.501. The predicted molar refractivity (Wildman–Crippen MR) is 71.0 cm³/mol. The van der Waals surface area contributed by atoms with Gasteiger partial charge in [-0.1, -0.05) is 12.5 Å². The third-order valence-electron chi connectivity index (χ3n) is 5.01. The zero-order valence-corrected chi connectivity index (χ0v) is 10.7. The minimum absolute atomic E-state index is 0.0445. The Labute approximate surface area is 108 Å². The van der Waals surface area contributed by atoms with Gasteiger partial charge in [-0.15, -0.1) is 0 Å². The summed E-state index contributed by atoms with van der Waals surface area (Å²) in [5, 5.41) is 10.7. The van der Waals surface area contributed by atoms with Crippen LogP contribution in [0.1, 0.15) is 37.2 Å². The second-order valence-corrected chi connectivity index (χ2v) is 5.96. The second-order valence-electron chi connectivity index (χ2n) is 5.96. The number of aliphatic hydroxyl groups excluding tert-OH is 1. The van der Waals surface area contributed by atoms with Crippen LogP contribution >= 0.6 is 0 Å². The van der Waals surface area contributed by atoms with Gasteiger partial charge < -0.3 is 10.8 Å². The van der Waals surface area contributed by atoms with Gasteiger partial charge in [0.05, 0.1) is 6.10 Å². The van der Waals surface area contributed by atoms with Crippen LogP contribution in [0, 0.1) is 17.8 Å². The lowest BCUT2D eigenvalue weighted by Gasteiger charge is -2.32. The third-order valence-corrected chi connectivity index (χ3v) is 5.01. The number of nitrogens with two attached hydrogens (primary N) is 1. The average molecular weight is 246 g/mol. The molecule has 1 heterocycles. The maximum absolute atomic E-state index is 10.7. The Bertz CT molecular complexity index is 395. The number of rotatable bonds is 4. The number of aromatic nitrogens is 1. The number of nitrogens with zero attached hydrogens (tertiary/aromatic N) is 1. The summed E-state index contributed by atoms with van der Waals surface area (Å²) >= 11 is 0. The van der Waals surface area contributed by atoms with Crippen LogP contribution in [0.3, 0.4) is 0 Å². The van der Waals surface area contributed by atoms with Gasteiger partial charge >= 0.3 is 0 Å². The van der Waals surface area contributed by atoms with Crippen molar-refractivity contribution in [1.29, 1.82) is 0 Å². The molecule has 0 saturated heterocycles. The van der Waals surface area contributed by atoms with Crippen LogP contribution in [0.4, 0.5) is 0 Å². The van der Waals surface area contributed by atoms with Crippen LogP contribution in [-0.4, -0.2) is 22.7 Å². The molecule has 2 aliphatic carbocycles. The Hall–Kier alpha value is -0.930. The lowest BCUT2D eigenvalue weighted by molar-refractivity contribution is 0.0531. The second kappa shape index (κ2) is 4.98. The molecule has 0 radical (unpaired) electrons. The predicted octanol–water partition coefficient (Wildman–Crippen LogP) is 1.92. The first-order chi connectivity index (χ1) is 8.79. The molecule has 98 valence electrons. The van der Waals surface area contributed by atoms with Crippen molar-refractivity contribution >= 4 is 0 Å². The SMILES string of the molecule is NCC(c1cccnc1)C(O)C1CC2CCC1C2. The zero-order valence-electron chi connectivity index (χ0n) is 10.7. The van der Waals surface area contributed by atoms with E-state index in [0.717, 1.165) is 17.4 Å². The lowest BCUT2D eigenvalue weighted by Crippen LogP contribution is -2.35. The molecule has 2 aliphatic rings. The minimum atomic E-state index is -0.297. The maximum atomic E-state index is 10.7. The van der Waals surface area contributed by atoms with E-state index >= 15 is 0 Å². The van der Waals surface area contributed by atoms with Gasteiger partial charge in [-0.05, 0) is 48.6 Å². The molecule has 0 aromatic carbocycles. The van der Waals surface area contributed by atoms with E-state index in [-0.39, 0.29) is 12.0 Å². The Morgan fingerprint density at radius 2 is 2.28 bits per heavy atom. The molecule has 0 aliphatic heterocycles. The van der Waals surface area contributed by atoms with Crippen molar-refractivity contribution < 1.29 is 5.11 Å². The van der Waals surface area contributed by atoms with Crippen LogP contribution < -0.4 is 5.73 Å². The van der Waals surface area contributed by atoms with Gasteiger partial charge in [0.25, 0.3) is 0 Å². The zero-order chi connectivity index (χ0) is 12.5. The minimum Gasteiger partial charge on any atom is -0.392 e. The summed E-state index contributed by atoms with van der Waals surface area (Å²) in [6.07, 6.45) is 8.50. The van der Waals surface area contributed by atoms with E-state index in [0.29, 0.717) is 12.5 Å². The molecular weight excluding hydrogens is 224 g/mol. The van der Waals surface area contributed by atoms with Crippen LogP contribution in [0.15, 0.2) is 24.5 Å². The van der Waals surface area contributed by atoms with E-state index in [1.807, 2.05) is 18.3 Å². The average Bonchev–Trinajstić information content (AvgIpc) is 3.03. The topological polar surface area (TPSA) is 59.1 Å². The number of pyridine rings is 1. The summed E-state index contributed by atoms with van der Waals surface area (Å²) in [7, 11) is 0. The highest BCUT2D eigenvalue weighted by Gasteiger charge is 2.44. The molecule has 1 aromatic rings. The monoisotopic (exact) mass is 246 g/mol. The molecule has 5 atom stereocenters. The first-order valence-corrected chi connectivity index (χ1v) is 7.07. The van der Waals surface area contributed by atoms with Gasteiger partial charge in [-0.25, -0.2) is 0 Å². The number of fused-ring (bicyclic) bond motifs is 2. The van der Waals surface area contributed by atoms with Crippen LogP contribution in [0.25, 0.3) is 0 Å². The van der Waals surface area contributed by atoms with Gasteiger partial charge in [0.2, 0.25) is 0 Å². The summed E-state index contributed by atoms with van der Waals surface area (Å²) in [4.78, 5) is 4.14. The van der Waals surface area contributed by atoms with Gasteiger partial charge in [0, 0.05) is 24.9 Å². The maximum Gasteiger partial charge on any atom is 0.0652 e. The molecule has 3 heteroatoms. The van der Waals surface area contributed by atoms with E-state index < -0.39 is 0 Å². The molecule has 0 amide bonds. The molecule has 5 unspecified atom stereocenters. The Kier molecular flexibility index (Phi) is 3.35. The largest absolute Gasteiger partial charge is 0.392 e. The number of aliphatic hydroxyl groups is 1. The fraction of sp³-hybridized carbons (Fsp3) is 0.667. The van der Waals surface area contributed by atoms with Crippen molar-refractivity contribution in [3.05, 3.63) is 30.1 Å². The molecule has 1 aromatic heterocycles. The van der Waals surface area contributed by atoms with Gasteiger partial charge in [-0.2, -0.15) is 0 Å². The van der Waals surface area contributed by atoms with E-state index in [4.69, 9.17) is 5.73 Å². The van der Waals surface area contributed by atoms with Crippen molar-refractivity contribution in [1.82, 2.24) is 4.98 Å². The molecule has 0 spiro atoms. The molecule has 2 saturated carbocycles. The van der Waals surface area contributed by atoms with Crippen LogP contribution in [0.2, 0.25) is 0 Å². The highest BCUT2D eigenvalue weighted by molar-refractivity contribution is 5.18. The van der Waals surface area contributed by atoms with E-state index in [1.54, 1.807) is 6.20 Å². The smallest absolute Gasteiger partial charge is 0.0652 e. The lowest BCUT2D eigenvalue weighted by atomic mass is 9.78. The molecule has 18 heavy (non-hydrogen) atoms. The normalized spacial score (nSPS) is 33.6. The van der Waals surface area contributed by atoms with Gasteiger partial charge in [-0.3, -0.25) is 4.98 Å². The van der Waals surface area contributed by atoms with Crippen molar-refractivity contribution in [3.8, 4) is 0 Å². The highest BCUT2D eigenvalue weighted by atomic mass is 16.3. The molecule has 3 rings (SSSR count). The Balaban J connectivity index is 1.76. The van der Waals surface area contributed by atoms with E-state index in [1.165, 1.54) is 25.7 Å². The highest BCUT2D eigenvalue weighted by Crippen LogP contribution is 2.51. The van der Waals surface area contributed by atoms with Gasteiger partial charge in [0.15, 0.2) is 0 Å². The molecular formula is C15H22N2O. The Morgan fingerprint density at radius 1 is 1.39 bits per heavy atom. The van der Waals surface area contributed by atoms with Crippen LogP contribution in [0.5, 0.6) is 0 Å². The van der Waals surface area contributed by atoms with Crippen molar-refractivity contribution in [3.63, 3.8) is 0 Å². The summed E-state index contributed by atoms with van der Waals surface area (Å²) < 4.78 is 0. The van der Waals surface area contributed by atoms with Crippen LogP contribution in [-0.2, 0) is 0 Å². The first-order valence-electron chi connectivity index (χ1n) is 7.07. The first kappa shape index (κ1) is 12.1. The third kappa shape index (κ3) is 2.06. The van der Waals surface area contributed by atoms with E-state index in [9.17, 15) is 5.11 Å². The molecule has 2 bridgehead atoms. The van der Waals surface area contributed by atoms with Crippen molar-refractivity contribution in [2.75, 3.05) is 6.54 Å². The van der Waals surface area contributed by atoms with Crippen molar-refractivity contribution in [2.24, 2.45) is 23.5 Å². The summed E-state index contributed by atoms with van der Waals surface area (Å²) in [5.41, 5.74) is 6.96. The number of hydrogen-bond acceptors (Lipinski definition) is 3. The fourth-order valence-electron chi connectivity index (χ4n) is 4.08. The molecule has 2 fully saturated rings. The summed E-state index contributed by atoms with van der Waals surface area (Å²) in [5.74, 6) is 2.10. The van der Waals surface area contributed by atoms with Gasteiger partial charge in [0.1, 0.15) is 0 Å². The molecule has 3 N–H and O–H groups in total. The molecule has 3 nitrogen and oxygen atoms in total. The van der Waals surface area contributed by atoms with Crippen molar-refractivity contribution in [2.45, 2.75) is 37.7 Å². The Morgan fingerprint density at radius 3 is 2.83 bits per heavy atom. The summed E-state index contributed by atoms with van der Waals surface area (Å²) in [6, 6.07) is 3.95. The quantitative estimate of drug-likeness (QED) is 0.853. The standard InChI is InChI=1S/C15H22N2O/c16-8-14(12-2-1-5-17-9-12)15(18)13-7-10-3-4-11(13)6-10/h1-2,5,9-11,13-15,18H,3-4,6-8,16H2. The fourth-order valence-corrected chi connectivity index (χ4v) is 4.08. The van der Waals surface area contributed by atoms with E-state index in [2.05, 4.69) is 4.98 Å².